The van der Waals surface area contributed by atoms with Crippen molar-refractivity contribution in [2.45, 2.75) is 94.9 Å². The maximum atomic E-state index is 14.0. The average molecular weight is 528 g/mol. The van der Waals surface area contributed by atoms with Crippen LogP contribution in [0.4, 0.5) is 5.69 Å². The summed E-state index contributed by atoms with van der Waals surface area (Å²) in [5.74, 6) is -1.39. The summed E-state index contributed by atoms with van der Waals surface area (Å²) in [6.07, 6.45) is 7.34. The summed E-state index contributed by atoms with van der Waals surface area (Å²) in [5.41, 5.74) is -1.21. The van der Waals surface area contributed by atoms with Crippen LogP contribution in [0.25, 0.3) is 0 Å². The van der Waals surface area contributed by atoms with Crippen LogP contribution in [-0.4, -0.2) is 70.8 Å². The second kappa shape index (κ2) is 10.8. The number of nitrogens with zero attached hydrogens (tertiary/aromatic N) is 1. The predicted molar refractivity (Wildman–Crippen MR) is 142 cm³/mol. The Morgan fingerprint density at radius 3 is 2.50 bits per heavy atom. The summed E-state index contributed by atoms with van der Waals surface area (Å²) >= 11 is 0. The third kappa shape index (κ3) is 4.47. The van der Waals surface area contributed by atoms with Gasteiger partial charge in [0, 0.05) is 24.9 Å². The molecule has 1 aromatic carbocycles. The van der Waals surface area contributed by atoms with Crippen molar-refractivity contribution >= 4 is 23.4 Å². The van der Waals surface area contributed by atoms with E-state index in [-0.39, 0.29) is 36.9 Å². The van der Waals surface area contributed by atoms with Crippen molar-refractivity contribution in [1.82, 2.24) is 10.2 Å². The molecule has 9 nitrogen and oxygen atoms in total. The first kappa shape index (κ1) is 26.9. The van der Waals surface area contributed by atoms with Gasteiger partial charge in [0.05, 0.1) is 24.0 Å². The van der Waals surface area contributed by atoms with E-state index in [0.29, 0.717) is 38.0 Å². The van der Waals surface area contributed by atoms with Gasteiger partial charge in [0.25, 0.3) is 0 Å². The fraction of sp³-hybridized carbons (Fsp3) is 0.690. The number of hydrogen-bond acceptors (Lipinski definition) is 6. The van der Waals surface area contributed by atoms with Crippen LogP contribution >= 0.6 is 0 Å². The summed E-state index contributed by atoms with van der Waals surface area (Å²) in [7, 11) is 0. The van der Waals surface area contributed by atoms with Crippen LogP contribution in [0, 0.1) is 11.8 Å². The van der Waals surface area contributed by atoms with E-state index in [4.69, 9.17) is 9.47 Å². The highest BCUT2D eigenvalue weighted by molar-refractivity contribution is 6.02. The summed E-state index contributed by atoms with van der Waals surface area (Å²) in [6.45, 7) is 4.63. The van der Waals surface area contributed by atoms with E-state index in [2.05, 4.69) is 10.6 Å². The second-order valence-electron chi connectivity index (χ2n) is 11.2. The molecule has 5 atom stereocenters. The summed E-state index contributed by atoms with van der Waals surface area (Å²) in [5, 5.41) is 15.8. The van der Waals surface area contributed by atoms with Crippen molar-refractivity contribution in [3.63, 3.8) is 0 Å². The molecule has 0 aromatic heterocycles. The molecule has 4 fully saturated rings. The number of rotatable bonds is 10. The van der Waals surface area contributed by atoms with Gasteiger partial charge in [-0.3, -0.25) is 14.4 Å². The minimum atomic E-state index is -1.04. The van der Waals surface area contributed by atoms with E-state index in [1.165, 1.54) is 6.42 Å². The van der Waals surface area contributed by atoms with Crippen LogP contribution < -0.4 is 15.4 Å². The monoisotopic (exact) mass is 527 g/mol. The lowest BCUT2D eigenvalue weighted by molar-refractivity contribution is -0.147. The molecule has 4 aliphatic rings. The first-order valence-electron chi connectivity index (χ1n) is 14.3. The standard InChI is InChI=1S/C29H41N3O6/c1-3-28-15-16-29(38-28)23(22(28)25(34)30-20-11-13-21(14-12-20)37-4-2)27(36)32(17-8-18-33)24(29)26(35)31-19-9-6-5-7-10-19/h11-14,19,22-24,33H,3-10,15-18H2,1-2H3,(H,30,34)(H,31,35)/t22-,23+,24?,28+,29?/m1/s1. The van der Waals surface area contributed by atoms with Crippen LogP contribution in [-0.2, 0) is 19.1 Å². The number of aliphatic hydroxyl groups is 1. The number of likely N-dealkylation sites (tertiary alicyclic amines) is 1. The smallest absolute Gasteiger partial charge is 0.246 e. The topological polar surface area (TPSA) is 117 Å². The van der Waals surface area contributed by atoms with Crippen LogP contribution in [0.3, 0.4) is 0 Å². The zero-order chi connectivity index (χ0) is 26.9. The van der Waals surface area contributed by atoms with Crippen LogP contribution in [0.5, 0.6) is 5.75 Å². The Kier molecular flexibility index (Phi) is 7.69. The quantitative estimate of drug-likeness (QED) is 0.431. The number of ether oxygens (including phenoxy) is 2. The van der Waals surface area contributed by atoms with Crippen molar-refractivity contribution in [2.75, 3.05) is 25.1 Å². The van der Waals surface area contributed by atoms with E-state index >= 15 is 0 Å². The van der Waals surface area contributed by atoms with Crippen molar-refractivity contribution in [2.24, 2.45) is 11.8 Å². The molecule has 3 aliphatic heterocycles. The molecule has 9 heteroatoms. The molecule has 3 heterocycles. The Hall–Kier alpha value is -2.65. The Morgan fingerprint density at radius 1 is 1.11 bits per heavy atom. The van der Waals surface area contributed by atoms with Crippen molar-refractivity contribution in [1.29, 1.82) is 0 Å². The fourth-order valence-corrected chi connectivity index (χ4v) is 7.45. The lowest BCUT2D eigenvalue weighted by atomic mass is 9.65. The van der Waals surface area contributed by atoms with Gasteiger partial charge in [0.1, 0.15) is 17.4 Å². The Balaban J connectivity index is 1.44. The Bertz CT molecular complexity index is 1040. The number of carbonyl (C=O) groups excluding carboxylic acids is 3. The highest BCUT2D eigenvalue weighted by Gasteiger charge is 2.78. The van der Waals surface area contributed by atoms with Crippen molar-refractivity contribution < 1.29 is 29.0 Å². The van der Waals surface area contributed by atoms with Crippen molar-refractivity contribution in [3.8, 4) is 5.75 Å². The van der Waals surface area contributed by atoms with Gasteiger partial charge >= 0.3 is 0 Å². The van der Waals surface area contributed by atoms with Gasteiger partial charge in [0.15, 0.2) is 0 Å². The number of aliphatic hydroxyl groups excluding tert-OH is 1. The third-order valence-corrected chi connectivity index (χ3v) is 9.15. The number of hydrogen-bond donors (Lipinski definition) is 3. The predicted octanol–water partition coefficient (Wildman–Crippen LogP) is 3.01. The van der Waals surface area contributed by atoms with Crippen LogP contribution in [0.1, 0.15) is 71.6 Å². The molecule has 38 heavy (non-hydrogen) atoms. The van der Waals surface area contributed by atoms with Gasteiger partial charge in [-0.05, 0) is 69.7 Å². The highest BCUT2D eigenvalue weighted by Crippen LogP contribution is 2.64. The Morgan fingerprint density at radius 2 is 1.84 bits per heavy atom. The lowest BCUT2D eigenvalue weighted by Crippen LogP contribution is -2.57. The average Bonchev–Trinajstić information content (AvgIpc) is 3.52. The first-order chi connectivity index (χ1) is 18.4. The summed E-state index contributed by atoms with van der Waals surface area (Å²) in [6, 6.07) is 6.47. The molecule has 3 amide bonds. The molecule has 3 N–H and O–H groups in total. The zero-order valence-corrected chi connectivity index (χ0v) is 22.5. The van der Waals surface area contributed by atoms with Crippen LogP contribution in [0.2, 0.25) is 0 Å². The highest BCUT2D eigenvalue weighted by atomic mass is 16.5. The van der Waals surface area contributed by atoms with Gasteiger partial charge < -0.3 is 30.1 Å². The van der Waals surface area contributed by atoms with Gasteiger partial charge in [-0.2, -0.15) is 0 Å². The number of carbonyl (C=O) groups is 3. The molecule has 2 unspecified atom stereocenters. The SMILES string of the molecule is CCOc1ccc(NC(=O)[C@H]2[C@H]3C(=O)N(CCCO)C(C(=O)NC4CCCCC4)C34CC[C@]2(CC)O4)cc1. The van der Waals surface area contributed by atoms with E-state index in [9.17, 15) is 19.5 Å². The molecule has 2 bridgehead atoms. The second-order valence-corrected chi connectivity index (χ2v) is 11.2. The summed E-state index contributed by atoms with van der Waals surface area (Å²) in [4.78, 5) is 43.3. The minimum absolute atomic E-state index is 0.0835. The fourth-order valence-electron chi connectivity index (χ4n) is 7.45. The zero-order valence-electron chi connectivity index (χ0n) is 22.5. The van der Waals surface area contributed by atoms with Gasteiger partial charge in [-0.1, -0.05) is 26.2 Å². The maximum Gasteiger partial charge on any atom is 0.246 e. The molecule has 3 saturated heterocycles. The number of anilines is 1. The van der Waals surface area contributed by atoms with Crippen LogP contribution in [0.15, 0.2) is 24.3 Å². The number of amides is 3. The van der Waals surface area contributed by atoms with Gasteiger partial charge in [-0.15, -0.1) is 0 Å². The van der Waals surface area contributed by atoms with Gasteiger partial charge in [-0.25, -0.2) is 0 Å². The minimum Gasteiger partial charge on any atom is -0.494 e. The number of nitrogens with one attached hydrogen (secondary N) is 2. The van der Waals surface area contributed by atoms with E-state index < -0.39 is 29.1 Å². The van der Waals surface area contributed by atoms with E-state index in [0.717, 1.165) is 31.4 Å². The number of fused-ring (bicyclic) bond motifs is 1. The molecule has 1 aromatic rings. The van der Waals surface area contributed by atoms with Crippen molar-refractivity contribution in [3.05, 3.63) is 24.3 Å². The van der Waals surface area contributed by atoms with E-state index in [1.54, 1.807) is 29.2 Å². The Labute approximate surface area is 224 Å². The third-order valence-electron chi connectivity index (χ3n) is 9.15. The molecular formula is C29H41N3O6. The lowest BCUT2D eigenvalue weighted by Gasteiger charge is -2.35. The first-order valence-corrected chi connectivity index (χ1v) is 14.3. The largest absolute Gasteiger partial charge is 0.494 e. The molecule has 208 valence electrons. The number of benzene rings is 1. The molecule has 0 radical (unpaired) electrons. The summed E-state index contributed by atoms with van der Waals surface area (Å²) < 4.78 is 12.3. The molecular weight excluding hydrogens is 486 g/mol. The van der Waals surface area contributed by atoms with E-state index in [1.807, 2.05) is 13.8 Å². The molecule has 1 saturated carbocycles. The maximum absolute atomic E-state index is 14.0. The molecule has 5 rings (SSSR count). The molecule has 1 spiro atoms. The molecule has 1 aliphatic carbocycles. The van der Waals surface area contributed by atoms with Gasteiger partial charge in [0.2, 0.25) is 17.7 Å². The normalized spacial score (nSPS) is 32.3.